The van der Waals surface area contributed by atoms with Crippen molar-refractivity contribution in [3.05, 3.63) is 65.0 Å². The Bertz CT molecular complexity index is 598. The minimum Gasteiger partial charge on any atom is -0.497 e. The minimum absolute atomic E-state index is 0.190. The van der Waals surface area contributed by atoms with E-state index in [1.807, 2.05) is 31.2 Å². The van der Waals surface area contributed by atoms with E-state index >= 15 is 0 Å². The topological polar surface area (TPSA) is 9.23 Å². The highest BCUT2D eigenvalue weighted by molar-refractivity contribution is 6.18. The van der Waals surface area contributed by atoms with Crippen molar-refractivity contribution in [3.8, 4) is 5.75 Å². The van der Waals surface area contributed by atoms with Crippen LogP contribution in [0.5, 0.6) is 5.75 Å². The molecule has 2 aromatic carbocycles. The molecular formula is C18H20ClFO. The van der Waals surface area contributed by atoms with Crippen molar-refractivity contribution < 1.29 is 9.13 Å². The predicted octanol–water partition coefficient (Wildman–Crippen LogP) is 4.78. The van der Waals surface area contributed by atoms with Gasteiger partial charge in [0.25, 0.3) is 0 Å². The van der Waals surface area contributed by atoms with E-state index in [0.717, 1.165) is 29.7 Å². The Labute approximate surface area is 130 Å². The maximum Gasteiger partial charge on any atom is 0.123 e. The molecule has 0 aliphatic carbocycles. The second-order valence-corrected chi connectivity index (χ2v) is 5.66. The molecule has 112 valence electrons. The van der Waals surface area contributed by atoms with Crippen molar-refractivity contribution in [2.75, 3.05) is 13.0 Å². The number of alkyl halides is 1. The van der Waals surface area contributed by atoms with Crippen LogP contribution >= 0.6 is 11.6 Å². The van der Waals surface area contributed by atoms with E-state index in [-0.39, 0.29) is 11.7 Å². The Balaban J connectivity index is 2.10. The molecule has 1 nitrogen and oxygen atoms in total. The van der Waals surface area contributed by atoms with Gasteiger partial charge in [-0.1, -0.05) is 18.2 Å². The molecule has 0 radical (unpaired) electrons. The molecule has 1 unspecified atom stereocenters. The predicted molar refractivity (Wildman–Crippen MR) is 85.7 cm³/mol. The lowest BCUT2D eigenvalue weighted by Crippen LogP contribution is -2.11. The van der Waals surface area contributed by atoms with Gasteiger partial charge < -0.3 is 4.74 Å². The van der Waals surface area contributed by atoms with Crippen LogP contribution in [0.2, 0.25) is 0 Å². The summed E-state index contributed by atoms with van der Waals surface area (Å²) in [6.45, 7) is 2.01. The zero-order valence-electron chi connectivity index (χ0n) is 12.4. The largest absolute Gasteiger partial charge is 0.497 e. The van der Waals surface area contributed by atoms with Crippen molar-refractivity contribution in [1.29, 1.82) is 0 Å². The smallest absolute Gasteiger partial charge is 0.123 e. The normalized spacial score (nSPS) is 12.2. The van der Waals surface area contributed by atoms with Gasteiger partial charge >= 0.3 is 0 Å². The summed E-state index contributed by atoms with van der Waals surface area (Å²) in [5, 5.41) is 0. The molecule has 2 aromatic rings. The lowest BCUT2D eigenvalue weighted by molar-refractivity contribution is 0.414. The molecule has 2 rings (SSSR count). The van der Waals surface area contributed by atoms with E-state index in [1.54, 1.807) is 13.2 Å². The standard InChI is InChI=1S/C18H20ClFO/c1-13-6-7-17(20)11-16(13)9-15(12-19)8-14-4-3-5-18(10-14)21-2/h3-7,10-11,15H,8-9,12H2,1-2H3. The number of halogens is 2. The van der Waals surface area contributed by atoms with Crippen molar-refractivity contribution in [2.45, 2.75) is 19.8 Å². The Morgan fingerprint density at radius 3 is 2.67 bits per heavy atom. The second kappa shape index (κ2) is 7.46. The number of ether oxygens (including phenoxy) is 1. The molecule has 0 heterocycles. The van der Waals surface area contributed by atoms with Gasteiger partial charge in [-0.3, -0.25) is 0 Å². The van der Waals surface area contributed by atoms with Crippen LogP contribution in [-0.2, 0) is 12.8 Å². The molecule has 0 N–H and O–H groups in total. The molecule has 0 amide bonds. The molecule has 0 aliphatic rings. The Morgan fingerprint density at radius 2 is 1.95 bits per heavy atom. The van der Waals surface area contributed by atoms with Gasteiger partial charge in [-0.25, -0.2) is 4.39 Å². The van der Waals surface area contributed by atoms with Gasteiger partial charge in [0.15, 0.2) is 0 Å². The lowest BCUT2D eigenvalue weighted by Gasteiger charge is -2.16. The third-order valence-corrected chi connectivity index (χ3v) is 4.13. The molecule has 0 aliphatic heterocycles. The van der Waals surface area contributed by atoms with E-state index in [0.29, 0.717) is 5.88 Å². The SMILES string of the molecule is COc1cccc(CC(CCl)Cc2cc(F)ccc2C)c1. The van der Waals surface area contributed by atoms with Gasteiger partial charge in [-0.05, 0) is 66.6 Å². The number of hydrogen-bond acceptors (Lipinski definition) is 1. The maximum atomic E-state index is 13.4. The van der Waals surface area contributed by atoms with Gasteiger partial charge in [0.2, 0.25) is 0 Å². The first-order chi connectivity index (χ1) is 10.1. The molecular weight excluding hydrogens is 287 g/mol. The van der Waals surface area contributed by atoms with Crippen molar-refractivity contribution in [2.24, 2.45) is 5.92 Å². The summed E-state index contributed by atoms with van der Waals surface area (Å²) >= 11 is 6.11. The number of methoxy groups -OCH3 is 1. The summed E-state index contributed by atoms with van der Waals surface area (Å²) in [5.41, 5.74) is 3.33. The molecule has 0 fully saturated rings. The first-order valence-corrected chi connectivity index (χ1v) is 7.59. The van der Waals surface area contributed by atoms with E-state index in [9.17, 15) is 4.39 Å². The fraction of sp³-hybridized carbons (Fsp3) is 0.333. The summed E-state index contributed by atoms with van der Waals surface area (Å²) in [7, 11) is 1.66. The third-order valence-electron chi connectivity index (χ3n) is 3.70. The van der Waals surface area contributed by atoms with Crippen LogP contribution in [0, 0.1) is 18.7 Å². The van der Waals surface area contributed by atoms with Crippen molar-refractivity contribution in [3.63, 3.8) is 0 Å². The summed E-state index contributed by atoms with van der Waals surface area (Å²) in [6, 6.07) is 12.9. The van der Waals surface area contributed by atoms with Crippen LogP contribution in [0.3, 0.4) is 0 Å². The highest BCUT2D eigenvalue weighted by Crippen LogP contribution is 2.21. The average Bonchev–Trinajstić information content (AvgIpc) is 2.50. The second-order valence-electron chi connectivity index (χ2n) is 5.35. The number of benzene rings is 2. The summed E-state index contributed by atoms with van der Waals surface area (Å²) in [5.74, 6) is 1.49. The van der Waals surface area contributed by atoms with E-state index < -0.39 is 0 Å². The minimum atomic E-state index is -0.190. The van der Waals surface area contributed by atoms with E-state index in [1.165, 1.54) is 11.6 Å². The summed E-state index contributed by atoms with van der Waals surface area (Å²) < 4.78 is 18.6. The van der Waals surface area contributed by atoms with Crippen LogP contribution in [0.15, 0.2) is 42.5 Å². The fourth-order valence-electron chi connectivity index (χ4n) is 2.49. The summed E-state index contributed by atoms with van der Waals surface area (Å²) in [6.07, 6.45) is 1.64. The van der Waals surface area contributed by atoms with Gasteiger partial charge in [-0.15, -0.1) is 11.6 Å². The maximum absolute atomic E-state index is 13.4. The number of rotatable bonds is 6. The van der Waals surface area contributed by atoms with Gasteiger partial charge in [0, 0.05) is 5.88 Å². The number of aryl methyl sites for hydroxylation is 1. The lowest BCUT2D eigenvalue weighted by atomic mass is 9.92. The van der Waals surface area contributed by atoms with Crippen LogP contribution in [-0.4, -0.2) is 13.0 Å². The first-order valence-electron chi connectivity index (χ1n) is 7.06. The summed E-state index contributed by atoms with van der Waals surface area (Å²) in [4.78, 5) is 0. The highest BCUT2D eigenvalue weighted by Gasteiger charge is 2.12. The van der Waals surface area contributed by atoms with Gasteiger partial charge in [-0.2, -0.15) is 0 Å². The number of hydrogen-bond donors (Lipinski definition) is 0. The van der Waals surface area contributed by atoms with Crippen molar-refractivity contribution >= 4 is 11.6 Å². The van der Waals surface area contributed by atoms with Gasteiger partial charge in [0.05, 0.1) is 7.11 Å². The van der Waals surface area contributed by atoms with Crippen LogP contribution in [0.25, 0.3) is 0 Å². The van der Waals surface area contributed by atoms with Crippen molar-refractivity contribution in [1.82, 2.24) is 0 Å². The quantitative estimate of drug-likeness (QED) is 0.698. The van der Waals surface area contributed by atoms with Crippen LogP contribution in [0.1, 0.15) is 16.7 Å². The van der Waals surface area contributed by atoms with Crippen LogP contribution < -0.4 is 4.74 Å². The Hall–Kier alpha value is -1.54. The van der Waals surface area contributed by atoms with E-state index in [2.05, 4.69) is 6.07 Å². The fourth-order valence-corrected chi connectivity index (χ4v) is 2.70. The zero-order valence-corrected chi connectivity index (χ0v) is 13.2. The molecule has 1 atom stereocenters. The Morgan fingerprint density at radius 1 is 1.14 bits per heavy atom. The molecule has 0 aromatic heterocycles. The third kappa shape index (κ3) is 4.47. The average molecular weight is 307 g/mol. The molecule has 21 heavy (non-hydrogen) atoms. The molecule has 0 bridgehead atoms. The van der Waals surface area contributed by atoms with Gasteiger partial charge in [0.1, 0.15) is 11.6 Å². The van der Waals surface area contributed by atoms with E-state index in [4.69, 9.17) is 16.3 Å². The Kier molecular flexibility index (Phi) is 5.63. The monoisotopic (exact) mass is 306 g/mol. The zero-order chi connectivity index (χ0) is 15.2. The van der Waals surface area contributed by atoms with Crippen LogP contribution in [0.4, 0.5) is 4.39 Å². The highest BCUT2D eigenvalue weighted by atomic mass is 35.5. The molecule has 0 saturated carbocycles. The molecule has 0 saturated heterocycles. The molecule has 0 spiro atoms. The molecule has 3 heteroatoms. The first kappa shape index (κ1) is 15.8.